The smallest absolute Gasteiger partial charge is 0.252 e. The molecule has 0 amide bonds. The number of para-hydroxylation sites is 4. The monoisotopic (exact) mass is 1340 g/mol. The molecular weight excluding hydrogens is 1250 g/mol. The highest BCUT2D eigenvalue weighted by atomic mass is 15.2. The van der Waals surface area contributed by atoms with Crippen LogP contribution in [0.3, 0.4) is 0 Å². The number of nitrogens with zero attached hydrogens (tertiary/aromatic N) is 6. The maximum atomic E-state index is 12.8. The van der Waals surface area contributed by atoms with E-state index in [2.05, 4.69) is 112 Å². The van der Waals surface area contributed by atoms with Gasteiger partial charge in [-0.2, -0.15) is 10.5 Å². The lowest BCUT2D eigenvalue weighted by molar-refractivity contribution is 0.569. The van der Waals surface area contributed by atoms with Crippen LogP contribution in [0.4, 0.5) is 34.1 Å². The van der Waals surface area contributed by atoms with E-state index < -0.39 is 59.8 Å². The number of aromatic nitrogens is 2. The highest BCUT2D eigenvalue weighted by Crippen LogP contribution is 2.52. The van der Waals surface area contributed by atoms with Gasteiger partial charge < -0.3 is 18.9 Å². The van der Waals surface area contributed by atoms with Gasteiger partial charge in [0.2, 0.25) is 0 Å². The standard InChI is InChI=1S/C96H81BN6/c1-93(2,3)68-44-40-61(41-45-68)66-55-90-92-91(56-66)103(87-54-67(62-28-24-29-69(48-62)94(4,5)6)53-86(77(87)59-99)101-82-36-22-18-32-74(82)75-33-19-23-37-83(75)101)89-51-63(60-26-14-13-15-27-60)42-46-79(89)97(92)78-47-43-64(65-49-70(95(7,8)9)57-71(50-65)96(10,11)12)52-88(78)102(90)85-39-25-38-84(76(85)58-98)100-80-34-20-16-30-72(80)73-31-17-21-35-81(73)100/h13-57H,1-12H3/i13D,14D,15D,24D,26D,27D,28D,29D,40D,41D,44D,45D,48D. The van der Waals surface area contributed by atoms with Crippen molar-refractivity contribution in [3.8, 4) is 68.0 Å². The maximum Gasteiger partial charge on any atom is 0.252 e. The zero-order valence-electron chi connectivity index (χ0n) is 72.7. The van der Waals surface area contributed by atoms with Crippen molar-refractivity contribution < 1.29 is 17.8 Å². The number of hydrogen-bond acceptors (Lipinski definition) is 4. The summed E-state index contributed by atoms with van der Waals surface area (Å²) in [5, 5.41) is 28.9. The lowest BCUT2D eigenvalue weighted by atomic mass is 9.33. The molecule has 13 aromatic carbocycles. The molecule has 0 saturated carbocycles. The molecule has 6 nitrogen and oxygen atoms in total. The number of hydrogen-bond donors (Lipinski definition) is 0. The van der Waals surface area contributed by atoms with Crippen LogP contribution < -0.4 is 26.2 Å². The summed E-state index contributed by atoms with van der Waals surface area (Å²) in [6.45, 7) is 23.4. The van der Waals surface area contributed by atoms with Gasteiger partial charge in [0.05, 0.1) is 62.6 Å². The van der Waals surface area contributed by atoms with Gasteiger partial charge in [0.25, 0.3) is 6.71 Å². The average Bonchev–Trinajstić information content (AvgIpc) is 1.06. The van der Waals surface area contributed by atoms with Crippen molar-refractivity contribution in [1.82, 2.24) is 9.13 Å². The largest absolute Gasteiger partial charge is 0.310 e. The third-order valence-electron chi connectivity index (χ3n) is 20.7. The number of fused-ring (bicyclic) bond motifs is 10. The van der Waals surface area contributed by atoms with Crippen LogP contribution in [-0.4, -0.2) is 15.8 Å². The quantitative estimate of drug-likeness (QED) is 0.142. The predicted octanol–water partition coefficient (Wildman–Crippen LogP) is 23.6. The van der Waals surface area contributed by atoms with Crippen LogP contribution in [0.25, 0.3) is 99.5 Å². The zero-order chi connectivity index (χ0) is 82.5. The van der Waals surface area contributed by atoms with E-state index in [0.717, 1.165) is 60.3 Å². The average molecular weight is 1340 g/mol. The van der Waals surface area contributed by atoms with Gasteiger partial charge in [0, 0.05) is 44.3 Å². The molecule has 0 spiro atoms. The molecule has 15 aromatic rings. The third-order valence-corrected chi connectivity index (χ3v) is 20.7. The molecular formula is C96H81BN6. The predicted molar refractivity (Wildman–Crippen MR) is 435 cm³/mol. The molecule has 0 atom stereocenters. The second-order valence-electron chi connectivity index (χ2n) is 31.4. The summed E-state index contributed by atoms with van der Waals surface area (Å²) in [4.78, 5) is 3.94. The number of benzene rings is 13. The van der Waals surface area contributed by atoms with E-state index in [-0.39, 0.29) is 114 Å². The summed E-state index contributed by atoms with van der Waals surface area (Å²) in [7, 11) is 0. The summed E-state index contributed by atoms with van der Waals surface area (Å²) < 4.78 is 130. The minimum absolute atomic E-state index is 0.00392. The van der Waals surface area contributed by atoms with Crippen LogP contribution in [0.2, 0.25) is 0 Å². The Balaban J connectivity index is 1.10. The highest BCUT2D eigenvalue weighted by molar-refractivity contribution is 7.00. The van der Waals surface area contributed by atoms with Gasteiger partial charge in [-0.25, -0.2) is 0 Å². The molecule has 2 aliphatic heterocycles. The van der Waals surface area contributed by atoms with Gasteiger partial charge in [-0.3, -0.25) is 0 Å². The maximum absolute atomic E-state index is 12.8. The molecule has 0 saturated heterocycles. The normalized spacial score (nSPS) is 14.7. The molecule has 17 rings (SSSR count). The fraction of sp³-hybridized carbons (Fsp3) is 0.167. The molecule has 0 aliphatic carbocycles. The van der Waals surface area contributed by atoms with Crippen LogP contribution in [-0.2, 0) is 21.7 Å². The molecule has 103 heavy (non-hydrogen) atoms. The Labute approximate surface area is 624 Å². The molecule has 4 heterocycles. The summed E-state index contributed by atoms with van der Waals surface area (Å²) >= 11 is 0. The summed E-state index contributed by atoms with van der Waals surface area (Å²) in [5.74, 6) is 0. The van der Waals surface area contributed by atoms with E-state index in [0.29, 0.717) is 56.1 Å². The molecule has 0 bridgehead atoms. The van der Waals surface area contributed by atoms with Crippen LogP contribution in [0, 0.1) is 22.7 Å². The molecule has 0 radical (unpaired) electrons. The van der Waals surface area contributed by atoms with Crippen LogP contribution in [0.5, 0.6) is 0 Å². The first-order valence-corrected chi connectivity index (χ1v) is 35.1. The summed E-state index contributed by atoms with van der Waals surface area (Å²) in [5.41, 5.74) is 10.8. The molecule has 2 aromatic heterocycles. The SMILES string of the molecule is [2H]c1c([2H])c([2H])c(-c2ccc3c(c2)N(c2cc(-c4c([2H])c([2H])c([2H])c(C(C)(C)C)c4[2H])cc(-n4c5ccccc5c5ccccc54)c2C#N)c2cc(-c4c([2H])c([2H])c(C(C)(C)C)c([2H])c4[2H])cc4c2B3c2ccc(-c3cc(C(C)(C)C)cc(C(C)(C)C)c3)cc2N4c2cccc(-n3c4ccccc4c4ccccc43)c2C#N)c([2H])c1[2H]. The van der Waals surface area contributed by atoms with Gasteiger partial charge in [-0.1, -0.05) is 283 Å². The van der Waals surface area contributed by atoms with Crippen molar-refractivity contribution in [1.29, 1.82) is 10.5 Å². The van der Waals surface area contributed by atoms with E-state index in [1.165, 1.54) is 0 Å². The van der Waals surface area contributed by atoms with Crippen molar-refractivity contribution in [2.45, 2.75) is 105 Å². The minimum Gasteiger partial charge on any atom is -0.310 e. The van der Waals surface area contributed by atoms with Gasteiger partial charge in [0.1, 0.15) is 23.3 Å². The topological polar surface area (TPSA) is 63.9 Å². The Hall–Kier alpha value is -11.9. The number of rotatable bonds is 8. The van der Waals surface area contributed by atoms with Crippen molar-refractivity contribution in [2.24, 2.45) is 0 Å². The lowest BCUT2D eigenvalue weighted by Crippen LogP contribution is -2.61. The Morgan fingerprint density at radius 2 is 0.699 bits per heavy atom. The first-order valence-electron chi connectivity index (χ1n) is 41.6. The second-order valence-corrected chi connectivity index (χ2v) is 31.4. The third kappa shape index (κ3) is 10.7. The van der Waals surface area contributed by atoms with Crippen LogP contribution in [0.15, 0.2) is 273 Å². The van der Waals surface area contributed by atoms with Gasteiger partial charge >= 0.3 is 0 Å². The minimum atomic E-state index is -0.906. The van der Waals surface area contributed by atoms with E-state index >= 15 is 0 Å². The van der Waals surface area contributed by atoms with Crippen molar-refractivity contribution >= 4 is 101 Å². The van der Waals surface area contributed by atoms with E-state index in [4.69, 9.17) is 4.11 Å². The highest BCUT2D eigenvalue weighted by Gasteiger charge is 2.46. The summed E-state index contributed by atoms with van der Waals surface area (Å²) in [6.07, 6.45) is 0. The van der Waals surface area contributed by atoms with Crippen LogP contribution >= 0.6 is 0 Å². The fourth-order valence-electron chi connectivity index (χ4n) is 15.3. The van der Waals surface area contributed by atoms with Gasteiger partial charge in [0.15, 0.2) is 0 Å². The van der Waals surface area contributed by atoms with Gasteiger partial charge in [-0.05, 0) is 178 Å². The first kappa shape index (κ1) is 51.3. The Morgan fingerprint density at radius 1 is 0.301 bits per heavy atom. The molecule has 2 aliphatic rings. The lowest BCUT2D eigenvalue weighted by Gasteiger charge is -2.45. The van der Waals surface area contributed by atoms with Gasteiger partial charge in [-0.15, -0.1) is 0 Å². The zero-order valence-corrected chi connectivity index (χ0v) is 59.7. The molecule has 498 valence electrons. The Morgan fingerprint density at radius 3 is 1.20 bits per heavy atom. The van der Waals surface area contributed by atoms with Crippen molar-refractivity contribution in [3.63, 3.8) is 0 Å². The van der Waals surface area contributed by atoms with E-state index in [9.17, 15) is 24.2 Å². The summed E-state index contributed by atoms with van der Waals surface area (Å²) in [6, 6.07) is 63.5. The second kappa shape index (κ2) is 23.9. The van der Waals surface area contributed by atoms with Crippen molar-refractivity contribution in [2.75, 3.05) is 9.80 Å². The van der Waals surface area contributed by atoms with E-state index in [1.54, 1.807) is 24.3 Å². The van der Waals surface area contributed by atoms with Crippen molar-refractivity contribution in [3.05, 3.63) is 306 Å². The Kier molecular flexibility index (Phi) is 11.9. The number of nitriles is 2. The molecule has 0 N–H and O–H groups in total. The molecule has 0 fully saturated rings. The molecule has 0 unspecified atom stereocenters. The fourth-order valence-corrected chi connectivity index (χ4v) is 15.3. The Bertz CT molecular complexity index is 6730. The number of anilines is 6. The molecule has 7 heteroatoms. The van der Waals surface area contributed by atoms with Crippen LogP contribution in [0.1, 0.15) is 134 Å². The first-order chi connectivity index (χ1) is 55.0. The van der Waals surface area contributed by atoms with E-state index in [1.807, 2.05) is 172 Å².